The van der Waals surface area contributed by atoms with E-state index in [-0.39, 0.29) is 22.4 Å². The highest BCUT2D eigenvalue weighted by molar-refractivity contribution is 7.89. The Bertz CT molecular complexity index is 1040. The summed E-state index contributed by atoms with van der Waals surface area (Å²) in [6.07, 6.45) is -0.956. The maximum absolute atomic E-state index is 13.1. The van der Waals surface area contributed by atoms with Gasteiger partial charge in [-0.05, 0) is 31.5 Å². The van der Waals surface area contributed by atoms with Crippen molar-refractivity contribution in [3.63, 3.8) is 0 Å². The van der Waals surface area contributed by atoms with Crippen LogP contribution in [0.5, 0.6) is 0 Å². The molecule has 29 heavy (non-hydrogen) atoms. The minimum atomic E-state index is -4.74. The third kappa shape index (κ3) is 5.26. The SMILES string of the molecule is [2H]C([2H])([2H])N(C(=O)N(CC)N(C)C(=O)OCc1ccccc1)S(=O)(=O)c1ccc(C)cc1. The van der Waals surface area contributed by atoms with Gasteiger partial charge in [0.25, 0.3) is 10.0 Å². The number of nitrogens with zero attached hydrogens (tertiary/aromatic N) is 3. The summed E-state index contributed by atoms with van der Waals surface area (Å²) in [6.45, 7) is -0.401. The quantitative estimate of drug-likeness (QED) is 0.691. The summed E-state index contributed by atoms with van der Waals surface area (Å²) >= 11 is 0. The molecule has 2 aromatic carbocycles. The van der Waals surface area contributed by atoms with E-state index in [0.29, 0.717) is 10.6 Å². The van der Waals surface area contributed by atoms with Crippen LogP contribution in [0.25, 0.3) is 0 Å². The lowest BCUT2D eigenvalue weighted by molar-refractivity contribution is 0.0167. The zero-order valence-electron chi connectivity index (χ0n) is 19.4. The molecular formula is C20H25N3O5S. The second kappa shape index (κ2) is 9.42. The Hall–Kier alpha value is -3.07. The molecule has 0 bridgehead atoms. The summed E-state index contributed by atoms with van der Waals surface area (Å²) in [5.74, 6) is 0. The molecule has 0 saturated heterocycles. The maximum Gasteiger partial charge on any atom is 0.428 e. The average molecular weight is 423 g/mol. The van der Waals surface area contributed by atoms with Gasteiger partial charge < -0.3 is 4.74 Å². The number of carbonyl (C=O) groups is 2. The van der Waals surface area contributed by atoms with Crippen LogP contribution in [0.1, 0.15) is 22.2 Å². The van der Waals surface area contributed by atoms with E-state index in [1.807, 2.05) is 0 Å². The van der Waals surface area contributed by atoms with Gasteiger partial charge in [-0.25, -0.2) is 32.3 Å². The third-order valence-electron chi connectivity index (χ3n) is 4.08. The number of rotatable bonds is 5. The molecule has 2 aromatic rings. The van der Waals surface area contributed by atoms with Gasteiger partial charge in [-0.3, -0.25) is 0 Å². The summed E-state index contributed by atoms with van der Waals surface area (Å²) in [5, 5.41) is 1.43. The smallest absolute Gasteiger partial charge is 0.428 e. The molecule has 0 radical (unpaired) electrons. The highest BCUT2D eigenvalue weighted by Crippen LogP contribution is 2.17. The molecule has 0 heterocycles. The van der Waals surface area contributed by atoms with Crippen LogP contribution in [0.4, 0.5) is 9.59 Å². The van der Waals surface area contributed by atoms with Crippen molar-refractivity contribution in [3.8, 4) is 0 Å². The maximum atomic E-state index is 13.1. The van der Waals surface area contributed by atoms with Crippen LogP contribution in [-0.2, 0) is 21.4 Å². The number of sulfonamides is 1. The molecular weight excluding hydrogens is 394 g/mol. The minimum Gasteiger partial charge on any atom is -0.443 e. The lowest BCUT2D eigenvalue weighted by Gasteiger charge is -2.32. The van der Waals surface area contributed by atoms with E-state index >= 15 is 0 Å². The topological polar surface area (TPSA) is 87.2 Å². The van der Waals surface area contributed by atoms with E-state index in [4.69, 9.17) is 8.85 Å². The first-order chi connectivity index (χ1) is 14.9. The van der Waals surface area contributed by atoms with E-state index in [9.17, 15) is 18.0 Å². The second-order valence-corrected chi connectivity index (χ2v) is 7.93. The lowest BCUT2D eigenvalue weighted by Crippen LogP contribution is -2.53. The Balaban J connectivity index is 2.30. The van der Waals surface area contributed by atoms with Crippen LogP contribution in [-0.4, -0.2) is 55.4 Å². The number of urea groups is 1. The Morgan fingerprint density at radius 2 is 1.69 bits per heavy atom. The number of hydrazine groups is 1. The Morgan fingerprint density at radius 3 is 2.24 bits per heavy atom. The van der Waals surface area contributed by atoms with Crippen LogP contribution in [0.3, 0.4) is 0 Å². The van der Waals surface area contributed by atoms with Crippen LogP contribution in [0, 0.1) is 6.92 Å². The zero-order valence-corrected chi connectivity index (χ0v) is 17.2. The normalized spacial score (nSPS) is 12.9. The van der Waals surface area contributed by atoms with Gasteiger partial charge in [-0.1, -0.05) is 48.0 Å². The monoisotopic (exact) mass is 422 g/mol. The predicted octanol–water partition coefficient (Wildman–Crippen LogP) is 3.24. The molecule has 8 nitrogen and oxygen atoms in total. The number of hydrogen-bond donors (Lipinski definition) is 0. The van der Waals surface area contributed by atoms with E-state index in [1.54, 1.807) is 37.3 Å². The van der Waals surface area contributed by atoms with Crippen molar-refractivity contribution < 1.29 is 26.9 Å². The number of aryl methyl sites for hydroxylation is 1. The molecule has 0 aromatic heterocycles. The van der Waals surface area contributed by atoms with E-state index in [2.05, 4.69) is 0 Å². The largest absolute Gasteiger partial charge is 0.443 e. The van der Waals surface area contributed by atoms with Gasteiger partial charge in [-0.2, -0.15) is 0 Å². The summed E-state index contributed by atoms with van der Waals surface area (Å²) < 4.78 is 54.1. The second-order valence-electron chi connectivity index (χ2n) is 6.14. The molecule has 0 saturated carbocycles. The standard InChI is InChI=1S/C20H25N3O5S/c1-5-23(21(3)20(25)28-15-17-9-7-6-8-10-17)19(24)22(4)29(26,27)18-13-11-16(2)12-14-18/h6-14H,5,15H2,1-4H3/i4D3. The fourth-order valence-electron chi connectivity index (χ4n) is 2.41. The Labute approximate surface area is 175 Å². The molecule has 0 aliphatic carbocycles. The van der Waals surface area contributed by atoms with Crippen LogP contribution in [0.2, 0.25) is 0 Å². The average Bonchev–Trinajstić information content (AvgIpc) is 2.72. The number of carbonyl (C=O) groups excluding carboxylic acids is 2. The summed E-state index contributed by atoms with van der Waals surface area (Å²) in [6, 6.07) is 12.8. The Morgan fingerprint density at radius 1 is 1.07 bits per heavy atom. The van der Waals surface area contributed by atoms with Crippen molar-refractivity contribution in [2.75, 3.05) is 20.6 Å². The molecule has 3 amide bonds. The lowest BCUT2D eigenvalue weighted by atomic mass is 10.2. The number of amides is 3. The number of hydrogen-bond acceptors (Lipinski definition) is 5. The van der Waals surface area contributed by atoms with Gasteiger partial charge in [0.1, 0.15) is 6.61 Å². The molecule has 0 fully saturated rings. The van der Waals surface area contributed by atoms with Crippen molar-refractivity contribution in [3.05, 3.63) is 65.7 Å². The molecule has 0 atom stereocenters. The van der Waals surface area contributed by atoms with Gasteiger partial charge in [0.2, 0.25) is 0 Å². The number of ether oxygens (including phenoxy) is 1. The summed E-state index contributed by atoms with van der Waals surface area (Å²) in [7, 11) is -3.56. The van der Waals surface area contributed by atoms with Gasteiger partial charge in [0, 0.05) is 24.7 Å². The zero-order chi connectivity index (χ0) is 24.1. The third-order valence-corrected chi connectivity index (χ3v) is 5.59. The molecule has 9 heteroatoms. The van der Waals surface area contributed by atoms with Gasteiger partial charge >= 0.3 is 12.1 Å². The van der Waals surface area contributed by atoms with Crippen LogP contribution in [0.15, 0.2) is 59.5 Å². The van der Waals surface area contributed by atoms with Crippen LogP contribution < -0.4 is 0 Å². The summed E-state index contributed by atoms with van der Waals surface area (Å²) in [5.41, 5.74) is 1.46. The molecule has 0 unspecified atom stereocenters. The molecule has 0 aliphatic heterocycles. The summed E-state index contributed by atoms with van der Waals surface area (Å²) in [4.78, 5) is 25.2. The fraction of sp³-hybridized carbons (Fsp3) is 0.300. The van der Waals surface area contributed by atoms with Crippen molar-refractivity contribution in [1.82, 2.24) is 14.3 Å². The van der Waals surface area contributed by atoms with Crippen molar-refractivity contribution >= 4 is 22.1 Å². The first-order valence-corrected chi connectivity index (χ1v) is 10.2. The highest BCUT2D eigenvalue weighted by Gasteiger charge is 2.32. The van der Waals surface area contributed by atoms with E-state index < -0.39 is 29.1 Å². The number of benzene rings is 2. The molecule has 0 spiro atoms. The van der Waals surface area contributed by atoms with Crippen molar-refractivity contribution in [1.29, 1.82) is 0 Å². The molecule has 156 valence electrons. The van der Waals surface area contributed by atoms with Gasteiger partial charge in [0.15, 0.2) is 0 Å². The highest BCUT2D eigenvalue weighted by atomic mass is 32.2. The first-order valence-electron chi connectivity index (χ1n) is 10.3. The minimum absolute atomic E-state index is 0.0829. The molecule has 0 aliphatic rings. The molecule has 0 N–H and O–H groups in total. The first kappa shape index (κ1) is 18.0. The van der Waals surface area contributed by atoms with E-state index in [0.717, 1.165) is 10.6 Å². The van der Waals surface area contributed by atoms with Gasteiger partial charge in [0.05, 0.1) is 4.90 Å². The Kier molecular flexibility index (Phi) is 5.84. The van der Waals surface area contributed by atoms with Gasteiger partial charge in [-0.15, -0.1) is 0 Å². The van der Waals surface area contributed by atoms with Crippen molar-refractivity contribution in [2.24, 2.45) is 0 Å². The van der Waals surface area contributed by atoms with Crippen LogP contribution >= 0.6 is 0 Å². The fourth-order valence-corrected chi connectivity index (χ4v) is 3.40. The van der Waals surface area contributed by atoms with E-state index in [1.165, 1.54) is 38.2 Å². The predicted molar refractivity (Wildman–Crippen MR) is 108 cm³/mol. The molecule has 2 rings (SSSR count). The van der Waals surface area contributed by atoms with Crippen molar-refractivity contribution in [2.45, 2.75) is 25.3 Å².